The smallest absolute Gasteiger partial charge is 0.235 e. The van der Waals surface area contributed by atoms with E-state index < -0.39 is 5.92 Å². The Kier molecular flexibility index (Phi) is 5.87. The van der Waals surface area contributed by atoms with E-state index >= 15 is 0 Å². The van der Waals surface area contributed by atoms with Gasteiger partial charge >= 0.3 is 0 Å². The highest BCUT2D eigenvalue weighted by Gasteiger charge is 2.41. The van der Waals surface area contributed by atoms with E-state index in [1.54, 1.807) is 12.1 Å². The maximum absolute atomic E-state index is 13.0. The number of carbonyl (C=O) groups excluding carboxylic acids is 2. The van der Waals surface area contributed by atoms with Gasteiger partial charge in [-0.2, -0.15) is 5.26 Å². The molecule has 1 heterocycles. The Hall–Kier alpha value is -3.67. The van der Waals surface area contributed by atoms with Crippen LogP contribution in [0.3, 0.4) is 0 Å². The normalized spacial score (nSPS) is 18.6. The fourth-order valence-electron chi connectivity index (χ4n) is 3.96. The van der Waals surface area contributed by atoms with Crippen LogP contribution in [0.2, 0.25) is 0 Å². The van der Waals surface area contributed by atoms with Crippen LogP contribution in [0.1, 0.15) is 37.7 Å². The number of carbonyl (C=O) groups is 2. The zero-order chi connectivity index (χ0) is 22.0. The highest BCUT2D eigenvalue weighted by molar-refractivity contribution is 6.00. The molecule has 0 fully saturated rings. The maximum Gasteiger partial charge on any atom is 0.235 e. The van der Waals surface area contributed by atoms with Gasteiger partial charge in [0.05, 0.1) is 38.9 Å². The summed E-state index contributed by atoms with van der Waals surface area (Å²) in [6.07, 6.45) is 1.50. The molecule has 0 radical (unpaired) electrons. The zero-order valence-electron chi connectivity index (χ0n) is 17.4. The van der Waals surface area contributed by atoms with E-state index in [-0.39, 0.29) is 23.1 Å². The Morgan fingerprint density at radius 3 is 2.37 bits per heavy atom. The van der Waals surface area contributed by atoms with Gasteiger partial charge in [-0.05, 0) is 18.9 Å². The number of amides is 1. The summed E-state index contributed by atoms with van der Waals surface area (Å²) in [5.41, 5.74) is 10.6. The topological polar surface area (TPSA) is 127 Å². The molecule has 2 aliphatic rings. The number of nitrogens with one attached hydrogen (secondary N) is 1. The van der Waals surface area contributed by atoms with Crippen LogP contribution in [-0.2, 0) is 9.59 Å². The van der Waals surface area contributed by atoms with Gasteiger partial charge in [-0.1, -0.05) is 0 Å². The molecule has 0 bridgehead atoms. The van der Waals surface area contributed by atoms with Crippen LogP contribution in [0.5, 0.6) is 17.2 Å². The Bertz CT molecular complexity index is 1010. The number of hydrogen-bond donors (Lipinski definition) is 2. The first-order chi connectivity index (χ1) is 14.4. The second-order valence-electron chi connectivity index (χ2n) is 6.93. The molecule has 9 nitrogen and oxygen atoms in total. The molecule has 1 unspecified atom stereocenters. The first-order valence-electron chi connectivity index (χ1n) is 9.41. The summed E-state index contributed by atoms with van der Waals surface area (Å²) in [5.74, 6) is 0.167. The van der Waals surface area contributed by atoms with Gasteiger partial charge < -0.3 is 19.9 Å². The largest absolute Gasteiger partial charge is 0.496 e. The lowest BCUT2D eigenvalue weighted by Gasteiger charge is -2.39. The first kappa shape index (κ1) is 21.0. The highest BCUT2D eigenvalue weighted by atomic mass is 16.5. The Morgan fingerprint density at radius 2 is 1.80 bits per heavy atom. The minimum atomic E-state index is -0.752. The van der Waals surface area contributed by atoms with E-state index in [9.17, 15) is 14.9 Å². The van der Waals surface area contributed by atoms with Gasteiger partial charge in [0.2, 0.25) is 5.91 Å². The molecule has 1 aromatic rings. The number of rotatable bonds is 5. The first-order valence-corrected chi connectivity index (χ1v) is 9.41. The summed E-state index contributed by atoms with van der Waals surface area (Å²) in [6.45, 7) is 1.34. The van der Waals surface area contributed by atoms with Crippen molar-refractivity contribution in [1.82, 2.24) is 10.4 Å². The lowest BCUT2D eigenvalue weighted by Crippen LogP contribution is -2.47. The molecule has 1 aliphatic heterocycles. The summed E-state index contributed by atoms with van der Waals surface area (Å²) in [4.78, 5) is 24.8. The second-order valence-corrected chi connectivity index (χ2v) is 6.93. The molecule has 0 saturated carbocycles. The van der Waals surface area contributed by atoms with E-state index in [2.05, 4.69) is 11.5 Å². The van der Waals surface area contributed by atoms with E-state index in [1.165, 1.54) is 33.3 Å². The third-order valence-corrected chi connectivity index (χ3v) is 5.23. The Morgan fingerprint density at radius 1 is 1.17 bits per heavy atom. The van der Waals surface area contributed by atoms with Gasteiger partial charge in [-0.15, -0.1) is 0 Å². The van der Waals surface area contributed by atoms with Crippen LogP contribution in [0.15, 0.2) is 34.8 Å². The molecule has 0 saturated heterocycles. The van der Waals surface area contributed by atoms with Crippen molar-refractivity contribution >= 4 is 11.7 Å². The molecule has 0 aromatic heterocycles. The quantitative estimate of drug-likeness (QED) is 0.750. The number of Topliss-reactive ketones (excluding diaryl/α,β-unsaturated/α-hetero) is 1. The van der Waals surface area contributed by atoms with Crippen molar-refractivity contribution in [2.75, 3.05) is 21.3 Å². The van der Waals surface area contributed by atoms with Crippen LogP contribution >= 0.6 is 0 Å². The predicted octanol–water partition coefficient (Wildman–Crippen LogP) is 1.86. The van der Waals surface area contributed by atoms with Crippen LogP contribution in [0.4, 0.5) is 0 Å². The number of allylic oxidation sites excluding steroid dienone is 3. The molecule has 0 spiro atoms. The van der Waals surface area contributed by atoms with Crippen molar-refractivity contribution in [1.29, 1.82) is 5.26 Å². The average molecular weight is 412 g/mol. The molecule has 1 atom stereocenters. The summed E-state index contributed by atoms with van der Waals surface area (Å²) < 4.78 is 16.3. The number of nitrogens with zero attached hydrogens (tertiary/aromatic N) is 2. The van der Waals surface area contributed by atoms with E-state index in [4.69, 9.17) is 19.9 Å². The third kappa shape index (κ3) is 3.41. The molecular formula is C21H24N4O5. The summed E-state index contributed by atoms with van der Waals surface area (Å²) in [7, 11) is 4.50. The third-order valence-electron chi connectivity index (χ3n) is 5.23. The zero-order valence-corrected chi connectivity index (χ0v) is 17.4. The van der Waals surface area contributed by atoms with E-state index in [0.717, 1.165) is 0 Å². The number of hydrazine groups is 1. The lowest BCUT2D eigenvalue weighted by atomic mass is 9.75. The molecule has 3 N–H and O–H groups in total. The lowest BCUT2D eigenvalue weighted by molar-refractivity contribution is -0.123. The molecule has 3 rings (SSSR count). The minimum Gasteiger partial charge on any atom is -0.496 e. The number of hydrogen-bond acceptors (Lipinski definition) is 8. The number of ketones is 1. The molecule has 1 aliphatic carbocycles. The molecule has 1 amide bonds. The summed E-state index contributed by atoms with van der Waals surface area (Å²) in [6, 6.07) is 5.46. The van der Waals surface area contributed by atoms with Gasteiger partial charge in [0.25, 0.3) is 0 Å². The molecule has 1 aromatic carbocycles. The SMILES string of the molecule is COc1cc(OC)c(C2C(C#N)=C(N)N(NC(C)=O)C3=C2C(=O)CCC3)cc1OC. The van der Waals surface area contributed by atoms with Crippen LogP contribution < -0.4 is 25.4 Å². The van der Waals surface area contributed by atoms with E-state index in [0.29, 0.717) is 53.3 Å². The Balaban J connectivity index is 2.31. The number of ether oxygens (including phenoxy) is 3. The highest BCUT2D eigenvalue weighted by Crippen LogP contribution is 2.48. The van der Waals surface area contributed by atoms with Crippen LogP contribution in [-0.4, -0.2) is 38.0 Å². The predicted molar refractivity (Wildman–Crippen MR) is 107 cm³/mol. The standard InChI is InChI=1S/C21H24N4O5/c1-11(26)24-25-14-6-5-7-15(27)20(14)19(13(10-22)21(25)23)12-8-17(29-3)18(30-4)9-16(12)28-2/h8-9,19H,5-7,23H2,1-4H3,(H,24,26). The van der Waals surface area contributed by atoms with Crippen molar-refractivity contribution in [3.8, 4) is 23.3 Å². The number of methoxy groups -OCH3 is 3. The molecular weight excluding hydrogens is 388 g/mol. The molecule has 158 valence electrons. The summed E-state index contributed by atoms with van der Waals surface area (Å²) in [5, 5.41) is 11.3. The van der Waals surface area contributed by atoms with E-state index in [1.807, 2.05) is 0 Å². The number of nitriles is 1. The van der Waals surface area contributed by atoms with Crippen molar-refractivity contribution in [3.05, 3.63) is 40.4 Å². The average Bonchev–Trinajstić information content (AvgIpc) is 2.74. The van der Waals surface area contributed by atoms with Gasteiger partial charge in [0.15, 0.2) is 17.3 Å². The van der Waals surface area contributed by atoms with Gasteiger partial charge in [0.1, 0.15) is 11.6 Å². The van der Waals surface area contributed by atoms with Gasteiger partial charge in [0, 0.05) is 36.2 Å². The summed E-state index contributed by atoms with van der Waals surface area (Å²) >= 11 is 0. The monoisotopic (exact) mass is 412 g/mol. The fourth-order valence-corrected chi connectivity index (χ4v) is 3.96. The Labute approximate surface area is 174 Å². The van der Waals surface area contributed by atoms with Crippen LogP contribution in [0, 0.1) is 11.3 Å². The van der Waals surface area contributed by atoms with Crippen molar-refractivity contribution in [2.45, 2.75) is 32.1 Å². The fraction of sp³-hybridized carbons (Fsp3) is 0.381. The maximum atomic E-state index is 13.0. The van der Waals surface area contributed by atoms with Crippen LogP contribution in [0.25, 0.3) is 0 Å². The number of nitrogens with two attached hydrogens (primary N) is 1. The van der Waals surface area contributed by atoms with Gasteiger partial charge in [-0.25, -0.2) is 5.01 Å². The number of benzene rings is 1. The second kappa shape index (κ2) is 8.37. The van der Waals surface area contributed by atoms with Gasteiger partial charge in [-0.3, -0.25) is 15.0 Å². The van der Waals surface area contributed by atoms with Crippen molar-refractivity contribution in [3.63, 3.8) is 0 Å². The van der Waals surface area contributed by atoms with Crippen molar-refractivity contribution in [2.24, 2.45) is 5.73 Å². The minimum absolute atomic E-state index is 0.0722. The molecule has 9 heteroatoms. The molecule has 30 heavy (non-hydrogen) atoms. The van der Waals surface area contributed by atoms with Crippen molar-refractivity contribution < 1.29 is 23.8 Å².